The van der Waals surface area contributed by atoms with Gasteiger partial charge in [-0.05, 0) is 66.6 Å². The molecule has 6 heteroatoms. The molecule has 3 rings (SSSR count). The lowest BCUT2D eigenvalue weighted by Crippen LogP contribution is -2.24. The number of aryl methyl sites for hydroxylation is 1. The number of halogens is 1. The van der Waals surface area contributed by atoms with Crippen LogP contribution in [0, 0.1) is 6.92 Å². The van der Waals surface area contributed by atoms with Crippen LogP contribution < -0.4 is 14.9 Å². The van der Waals surface area contributed by atoms with Crippen molar-refractivity contribution in [1.82, 2.24) is 5.43 Å². The fourth-order valence-corrected chi connectivity index (χ4v) is 2.52. The Balaban J connectivity index is 1.41. The molecule has 3 aromatic carbocycles. The third-order valence-corrected chi connectivity index (χ3v) is 4.24. The molecule has 0 radical (unpaired) electrons. The minimum absolute atomic E-state index is 0.134. The summed E-state index contributed by atoms with van der Waals surface area (Å²) in [6.45, 7) is 2.43. The fraction of sp³-hybridized carbons (Fsp3) is 0.130. The van der Waals surface area contributed by atoms with Crippen LogP contribution in [-0.2, 0) is 11.4 Å². The molecule has 0 heterocycles. The molecule has 0 saturated carbocycles. The fourth-order valence-electron chi connectivity index (χ4n) is 2.39. The predicted octanol–water partition coefficient (Wildman–Crippen LogP) is 4.76. The lowest BCUT2D eigenvalue weighted by Gasteiger charge is -2.07. The summed E-state index contributed by atoms with van der Waals surface area (Å²) < 4.78 is 11.1. The van der Waals surface area contributed by atoms with E-state index in [1.165, 1.54) is 5.56 Å². The van der Waals surface area contributed by atoms with E-state index in [0.29, 0.717) is 17.4 Å². The molecule has 0 atom stereocenters. The zero-order chi connectivity index (χ0) is 20.5. The van der Waals surface area contributed by atoms with Gasteiger partial charge in [-0.3, -0.25) is 4.79 Å². The Hall–Kier alpha value is -3.31. The molecule has 0 saturated heterocycles. The molecule has 29 heavy (non-hydrogen) atoms. The highest BCUT2D eigenvalue weighted by molar-refractivity contribution is 6.30. The van der Waals surface area contributed by atoms with Gasteiger partial charge in [0.05, 0.1) is 6.21 Å². The molecule has 0 bridgehead atoms. The summed E-state index contributed by atoms with van der Waals surface area (Å²) in [5.74, 6) is 0.979. The number of amides is 1. The minimum Gasteiger partial charge on any atom is -0.489 e. The number of carbonyl (C=O) groups excluding carboxylic acids is 1. The molecule has 148 valence electrons. The van der Waals surface area contributed by atoms with Crippen LogP contribution in [0.2, 0.25) is 5.02 Å². The highest BCUT2D eigenvalue weighted by Gasteiger charge is 2.01. The summed E-state index contributed by atoms with van der Waals surface area (Å²) in [6, 6.07) is 22.5. The van der Waals surface area contributed by atoms with E-state index in [9.17, 15) is 4.79 Å². The van der Waals surface area contributed by atoms with Crippen molar-refractivity contribution in [2.45, 2.75) is 13.5 Å². The number of hydrogen-bond acceptors (Lipinski definition) is 4. The van der Waals surface area contributed by atoms with E-state index in [2.05, 4.69) is 41.7 Å². The molecule has 0 unspecified atom stereocenters. The molecule has 5 nitrogen and oxygen atoms in total. The van der Waals surface area contributed by atoms with Crippen LogP contribution in [0.4, 0.5) is 0 Å². The second kappa shape index (κ2) is 10.3. The first-order valence-corrected chi connectivity index (χ1v) is 9.45. The summed E-state index contributed by atoms with van der Waals surface area (Å²) >= 11 is 5.80. The van der Waals surface area contributed by atoms with Gasteiger partial charge in [0.15, 0.2) is 6.61 Å². The molecule has 0 aromatic heterocycles. The lowest BCUT2D eigenvalue weighted by molar-refractivity contribution is -0.123. The number of rotatable bonds is 8. The van der Waals surface area contributed by atoms with Crippen LogP contribution in [0.25, 0.3) is 0 Å². The number of nitrogens with one attached hydrogen (secondary N) is 1. The van der Waals surface area contributed by atoms with Crippen molar-refractivity contribution in [1.29, 1.82) is 0 Å². The van der Waals surface area contributed by atoms with Crippen molar-refractivity contribution >= 4 is 23.7 Å². The van der Waals surface area contributed by atoms with Gasteiger partial charge < -0.3 is 9.47 Å². The van der Waals surface area contributed by atoms with Crippen LogP contribution in [0.3, 0.4) is 0 Å². The molecule has 3 aromatic rings. The Bertz CT molecular complexity index is 953. The van der Waals surface area contributed by atoms with Gasteiger partial charge in [0.2, 0.25) is 0 Å². The first-order valence-electron chi connectivity index (χ1n) is 9.07. The Morgan fingerprint density at radius 1 is 0.931 bits per heavy atom. The summed E-state index contributed by atoms with van der Waals surface area (Å²) in [7, 11) is 0. The number of benzene rings is 3. The second-order valence-electron chi connectivity index (χ2n) is 6.38. The van der Waals surface area contributed by atoms with Crippen molar-refractivity contribution in [2.24, 2.45) is 5.10 Å². The van der Waals surface area contributed by atoms with E-state index in [1.807, 2.05) is 24.3 Å². The Kier molecular flexibility index (Phi) is 7.25. The molecule has 0 aliphatic rings. The molecule has 0 spiro atoms. The van der Waals surface area contributed by atoms with Crippen LogP contribution in [0.1, 0.15) is 16.7 Å². The van der Waals surface area contributed by atoms with Gasteiger partial charge in [-0.2, -0.15) is 5.10 Å². The van der Waals surface area contributed by atoms with Gasteiger partial charge in [0.1, 0.15) is 18.1 Å². The maximum atomic E-state index is 11.8. The molecular formula is C23H21ClN2O3. The standard InChI is InChI=1S/C23H21ClN2O3/c1-17-2-4-19(5-3-17)15-28-21-10-6-18(7-11-21)14-25-26-23(27)16-29-22-12-8-20(24)9-13-22/h2-14H,15-16H2,1H3,(H,26,27)/b25-14-. The van der Waals surface area contributed by atoms with Crippen molar-refractivity contribution in [3.63, 3.8) is 0 Å². The number of hydrazone groups is 1. The Labute approximate surface area is 174 Å². The molecule has 1 N–H and O–H groups in total. The summed E-state index contributed by atoms with van der Waals surface area (Å²) in [5.41, 5.74) is 5.60. The van der Waals surface area contributed by atoms with Gasteiger partial charge in [0, 0.05) is 5.02 Å². The second-order valence-corrected chi connectivity index (χ2v) is 6.82. The van der Waals surface area contributed by atoms with Gasteiger partial charge in [-0.15, -0.1) is 0 Å². The normalized spacial score (nSPS) is 10.7. The summed E-state index contributed by atoms with van der Waals surface area (Å²) in [5, 5.41) is 4.54. The van der Waals surface area contributed by atoms with Gasteiger partial charge in [-0.25, -0.2) is 5.43 Å². The zero-order valence-electron chi connectivity index (χ0n) is 16.0. The maximum absolute atomic E-state index is 11.8. The molecule has 1 amide bonds. The quantitative estimate of drug-likeness (QED) is 0.432. The first kappa shape index (κ1) is 20.4. The number of ether oxygens (including phenoxy) is 2. The molecule has 0 aliphatic carbocycles. The lowest BCUT2D eigenvalue weighted by atomic mass is 10.2. The van der Waals surface area contributed by atoms with Crippen molar-refractivity contribution < 1.29 is 14.3 Å². The summed E-state index contributed by atoms with van der Waals surface area (Å²) in [4.78, 5) is 11.8. The maximum Gasteiger partial charge on any atom is 0.277 e. The smallest absolute Gasteiger partial charge is 0.277 e. The predicted molar refractivity (Wildman–Crippen MR) is 115 cm³/mol. The molecule has 0 aliphatic heterocycles. The average Bonchev–Trinajstić information content (AvgIpc) is 2.74. The molecule has 0 fully saturated rings. The largest absolute Gasteiger partial charge is 0.489 e. The van der Waals surface area contributed by atoms with E-state index < -0.39 is 0 Å². The summed E-state index contributed by atoms with van der Waals surface area (Å²) in [6.07, 6.45) is 1.56. The monoisotopic (exact) mass is 408 g/mol. The number of nitrogens with zero attached hydrogens (tertiary/aromatic N) is 1. The topological polar surface area (TPSA) is 59.9 Å². The highest BCUT2D eigenvalue weighted by Crippen LogP contribution is 2.15. The minimum atomic E-state index is -0.353. The highest BCUT2D eigenvalue weighted by atomic mass is 35.5. The van der Waals surface area contributed by atoms with Gasteiger partial charge >= 0.3 is 0 Å². The van der Waals surface area contributed by atoms with Crippen molar-refractivity contribution in [3.05, 3.63) is 94.5 Å². The zero-order valence-corrected chi connectivity index (χ0v) is 16.7. The van der Waals surface area contributed by atoms with Crippen LogP contribution >= 0.6 is 11.6 Å². The number of carbonyl (C=O) groups is 1. The SMILES string of the molecule is Cc1ccc(COc2ccc(/C=N\NC(=O)COc3ccc(Cl)cc3)cc2)cc1. The molecular weight excluding hydrogens is 388 g/mol. The van der Waals surface area contributed by atoms with E-state index >= 15 is 0 Å². The van der Waals surface area contributed by atoms with Gasteiger partial charge in [0.25, 0.3) is 5.91 Å². The van der Waals surface area contributed by atoms with Crippen LogP contribution in [0.15, 0.2) is 77.9 Å². The van der Waals surface area contributed by atoms with Crippen molar-refractivity contribution in [2.75, 3.05) is 6.61 Å². The third-order valence-electron chi connectivity index (χ3n) is 3.99. The van der Waals surface area contributed by atoms with E-state index in [1.54, 1.807) is 30.5 Å². The Morgan fingerprint density at radius 3 is 2.24 bits per heavy atom. The van der Waals surface area contributed by atoms with E-state index in [-0.39, 0.29) is 12.5 Å². The van der Waals surface area contributed by atoms with Gasteiger partial charge in [-0.1, -0.05) is 41.4 Å². The van der Waals surface area contributed by atoms with E-state index in [0.717, 1.165) is 16.9 Å². The Morgan fingerprint density at radius 2 is 1.55 bits per heavy atom. The van der Waals surface area contributed by atoms with Crippen LogP contribution in [0.5, 0.6) is 11.5 Å². The van der Waals surface area contributed by atoms with Crippen molar-refractivity contribution in [3.8, 4) is 11.5 Å². The third kappa shape index (κ3) is 6.97. The average molecular weight is 409 g/mol. The first-order chi connectivity index (χ1) is 14.1. The van der Waals surface area contributed by atoms with E-state index in [4.69, 9.17) is 21.1 Å². The number of hydrogen-bond donors (Lipinski definition) is 1. The van der Waals surface area contributed by atoms with Crippen LogP contribution in [-0.4, -0.2) is 18.7 Å².